The van der Waals surface area contributed by atoms with Crippen molar-refractivity contribution in [2.24, 2.45) is 0 Å². The summed E-state index contributed by atoms with van der Waals surface area (Å²) >= 11 is 4.35. The second-order valence-electron chi connectivity index (χ2n) is 6.95. The van der Waals surface area contributed by atoms with Crippen LogP contribution in [0.1, 0.15) is 40.9 Å². The van der Waals surface area contributed by atoms with Crippen molar-refractivity contribution in [2.75, 3.05) is 18.1 Å². The van der Waals surface area contributed by atoms with Crippen LogP contribution in [0.2, 0.25) is 0 Å². The van der Waals surface area contributed by atoms with Gasteiger partial charge in [0.2, 0.25) is 0 Å². The number of aromatic nitrogens is 1. The lowest BCUT2D eigenvalue weighted by Crippen LogP contribution is -2.24. The normalized spacial score (nSPS) is 13.1. The van der Waals surface area contributed by atoms with Crippen molar-refractivity contribution >= 4 is 35.1 Å². The summed E-state index contributed by atoms with van der Waals surface area (Å²) in [6, 6.07) is 9.85. The van der Waals surface area contributed by atoms with Crippen LogP contribution < -0.4 is 14.4 Å². The highest BCUT2D eigenvalue weighted by atomic mass is 32.1. The van der Waals surface area contributed by atoms with Gasteiger partial charge in [0.1, 0.15) is 11.3 Å². The summed E-state index contributed by atoms with van der Waals surface area (Å²) in [4.78, 5) is 19.9. The van der Waals surface area contributed by atoms with Crippen LogP contribution >= 0.6 is 12.6 Å². The van der Waals surface area contributed by atoms with Crippen LogP contribution in [0.15, 0.2) is 36.5 Å². The fourth-order valence-corrected chi connectivity index (χ4v) is 4.14. The van der Waals surface area contributed by atoms with Crippen LogP contribution in [0.3, 0.4) is 0 Å². The molecule has 0 N–H and O–H groups in total. The van der Waals surface area contributed by atoms with E-state index in [1.807, 2.05) is 45.0 Å². The Morgan fingerprint density at radius 1 is 1.14 bits per heavy atom. The molecule has 0 radical (unpaired) electrons. The van der Waals surface area contributed by atoms with E-state index >= 15 is 0 Å². The highest BCUT2D eigenvalue weighted by molar-refractivity contribution is 7.79. The molecule has 5 nitrogen and oxygen atoms in total. The Labute approximate surface area is 176 Å². The highest BCUT2D eigenvalue weighted by Crippen LogP contribution is 2.45. The zero-order valence-electron chi connectivity index (χ0n) is 16.9. The van der Waals surface area contributed by atoms with Gasteiger partial charge in [-0.2, -0.15) is 12.6 Å². The van der Waals surface area contributed by atoms with Gasteiger partial charge in [0.25, 0.3) is 5.91 Å². The number of aryl methyl sites for hydroxylation is 1. The van der Waals surface area contributed by atoms with Gasteiger partial charge in [-0.1, -0.05) is 12.1 Å². The van der Waals surface area contributed by atoms with Crippen molar-refractivity contribution in [3.63, 3.8) is 0 Å². The molecule has 2 aromatic carbocycles. The predicted molar refractivity (Wildman–Crippen MR) is 118 cm³/mol. The van der Waals surface area contributed by atoms with Gasteiger partial charge in [0, 0.05) is 28.6 Å². The smallest absolute Gasteiger partial charge is 0.262 e. The third-order valence-corrected chi connectivity index (χ3v) is 5.52. The molecule has 4 rings (SSSR count). The molecular weight excluding hydrogens is 384 g/mol. The van der Waals surface area contributed by atoms with E-state index in [1.165, 1.54) is 0 Å². The Hall–Kier alpha value is -2.73. The maximum atomic E-state index is 13.6. The topological polar surface area (TPSA) is 51.7 Å². The summed E-state index contributed by atoms with van der Waals surface area (Å²) in [5.41, 5.74) is 5.19. The number of fused-ring (bicyclic) bond motifs is 2. The molecule has 150 valence electrons. The minimum Gasteiger partial charge on any atom is -0.492 e. The first-order valence-electron chi connectivity index (χ1n) is 9.82. The zero-order chi connectivity index (χ0) is 20.5. The molecule has 0 fully saturated rings. The number of ether oxygens (including phenoxy) is 2. The van der Waals surface area contributed by atoms with Gasteiger partial charge in [-0.3, -0.25) is 9.78 Å². The van der Waals surface area contributed by atoms with E-state index in [4.69, 9.17) is 9.47 Å². The first-order chi connectivity index (χ1) is 14.1. The van der Waals surface area contributed by atoms with Crippen molar-refractivity contribution in [3.05, 3.63) is 58.8 Å². The van der Waals surface area contributed by atoms with Crippen LogP contribution in [-0.2, 0) is 12.3 Å². The molecule has 0 atom stereocenters. The molecule has 1 aliphatic rings. The van der Waals surface area contributed by atoms with Crippen molar-refractivity contribution < 1.29 is 14.3 Å². The molecule has 2 heterocycles. The van der Waals surface area contributed by atoms with E-state index in [9.17, 15) is 4.79 Å². The number of hydrogen-bond acceptors (Lipinski definition) is 5. The van der Waals surface area contributed by atoms with Crippen LogP contribution in [0.25, 0.3) is 10.9 Å². The van der Waals surface area contributed by atoms with Crippen molar-refractivity contribution in [3.8, 4) is 11.5 Å². The maximum absolute atomic E-state index is 13.6. The molecule has 0 saturated carbocycles. The van der Waals surface area contributed by atoms with Gasteiger partial charge in [-0.15, -0.1) is 0 Å². The lowest BCUT2D eigenvalue weighted by molar-refractivity contribution is 0.0993. The third-order valence-electron chi connectivity index (χ3n) is 5.16. The molecule has 0 aliphatic carbocycles. The third kappa shape index (κ3) is 3.21. The summed E-state index contributed by atoms with van der Waals surface area (Å²) in [7, 11) is 0. The van der Waals surface area contributed by atoms with Gasteiger partial charge in [0.05, 0.1) is 25.3 Å². The molecule has 29 heavy (non-hydrogen) atoms. The Balaban J connectivity index is 1.93. The molecule has 0 saturated heterocycles. The number of carbonyl (C=O) groups is 1. The first kappa shape index (κ1) is 19.6. The molecule has 0 bridgehead atoms. The average molecular weight is 409 g/mol. The summed E-state index contributed by atoms with van der Waals surface area (Å²) < 4.78 is 12.0. The van der Waals surface area contributed by atoms with Gasteiger partial charge >= 0.3 is 0 Å². The summed E-state index contributed by atoms with van der Waals surface area (Å²) in [5.74, 6) is 1.85. The molecule has 6 heteroatoms. The summed E-state index contributed by atoms with van der Waals surface area (Å²) in [6.45, 7) is 7.26. The fraction of sp³-hybridized carbons (Fsp3) is 0.304. The van der Waals surface area contributed by atoms with E-state index in [0.717, 1.165) is 33.3 Å². The standard InChI is InChI=1S/C23H24N2O3S/c1-4-27-21-16-7-6-10-24-20(16)22(28-5-2)17-12-25(23(26)19(17)21)18-9-8-15(13-29)11-14(18)3/h6-11,29H,4-5,12-13H2,1-3H3. The molecule has 0 spiro atoms. The SMILES string of the molecule is CCOc1c2c(c(OCC)c3ncccc13)CN(c1ccc(CS)cc1C)C2=O. The van der Waals surface area contributed by atoms with Crippen LogP contribution in [0.4, 0.5) is 5.69 Å². The van der Waals surface area contributed by atoms with Crippen LogP contribution in [-0.4, -0.2) is 24.1 Å². The molecular formula is C23H24N2O3S. The molecule has 0 unspecified atom stereocenters. The van der Waals surface area contributed by atoms with Gasteiger partial charge in [-0.05, 0) is 50.1 Å². The molecule has 1 amide bonds. The Morgan fingerprint density at radius 2 is 1.90 bits per heavy atom. The van der Waals surface area contributed by atoms with E-state index in [0.29, 0.717) is 42.6 Å². The van der Waals surface area contributed by atoms with E-state index in [-0.39, 0.29) is 5.91 Å². The highest BCUT2D eigenvalue weighted by Gasteiger charge is 2.37. The number of nitrogens with zero attached hydrogens (tertiary/aromatic N) is 2. The Kier molecular flexibility index (Phi) is 5.37. The zero-order valence-corrected chi connectivity index (χ0v) is 17.8. The molecule has 1 aliphatic heterocycles. The summed E-state index contributed by atoms with van der Waals surface area (Å²) in [6.07, 6.45) is 1.74. The number of benzene rings is 2. The number of anilines is 1. The van der Waals surface area contributed by atoms with Crippen LogP contribution in [0, 0.1) is 6.92 Å². The van der Waals surface area contributed by atoms with Gasteiger partial charge in [0.15, 0.2) is 5.75 Å². The van der Waals surface area contributed by atoms with E-state index < -0.39 is 0 Å². The molecule has 3 aromatic rings. The quantitative estimate of drug-likeness (QED) is 0.588. The molecule has 1 aromatic heterocycles. The van der Waals surface area contributed by atoms with Crippen molar-refractivity contribution in [2.45, 2.75) is 33.1 Å². The van der Waals surface area contributed by atoms with Crippen molar-refractivity contribution in [1.82, 2.24) is 4.98 Å². The average Bonchev–Trinajstić information content (AvgIpc) is 3.07. The van der Waals surface area contributed by atoms with Gasteiger partial charge < -0.3 is 14.4 Å². The second-order valence-corrected chi connectivity index (χ2v) is 7.26. The number of rotatable bonds is 6. The van der Waals surface area contributed by atoms with E-state index in [2.05, 4.69) is 23.7 Å². The van der Waals surface area contributed by atoms with Crippen molar-refractivity contribution in [1.29, 1.82) is 0 Å². The second kappa shape index (κ2) is 7.95. The number of pyridine rings is 1. The number of carbonyl (C=O) groups excluding carboxylic acids is 1. The van der Waals surface area contributed by atoms with Gasteiger partial charge in [-0.25, -0.2) is 0 Å². The fourth-order valence-electron chi connectivity index (χ4n) is 3.95. The Bertz CT molecular complexity index is 1100. The van der Waals surface area contributed by atoms with Crippen LogP contribution in [0.5, 0.6) is 11.5 Å². The largest absolute Gasteiger partial charge is 0.492 e. The number of amides is 1. The minimum absolute atomic E-state index is 0.0723. The number of thiol groups is 1. The lowest BCUT2D eigenvalue weighted by Gasteiger charge is -2.19. The number of hydrogen-bond donors (Lipinski definition) is 1. The Morgan fingerprint density at radius 3 is 2.59 bits per heavy atom. The maximum Gasteiger partial charge on any atom is 0.262 e. The first-order valence-corrected chi connectivity index (χ1v) is 10.4. The summed E-state index contributed by atoms with van der Waals surface area (Å²) in [5, 5.41) is 0.800. The lowest BCUT2D eigenvalue weighted by atomic mass is 10.0. The minimum atomic E-state index is -0.0723. The van der Waals surface area contributed by atoms with E-state index in [1.54, 1.807) is 11.1 Å². The predicted octanol–water partition coefficient (Wildman–Crippen LogP) is 4.93. The monoisotopic (exact) mass is 408 g/mol.